The fraction of sp³-hybridized carbons (Fsp3) is 0.317. The van der Waals surface area contributed by atoms with Gasteiger partial charge in [-0.1, -0.05) is 86.0 Å². The molecule has 52 heavy (non-hydrogen) atoms. The molecule has 0 aromatic heterocycles. The number of amides is 3. The minimum absolute atomic E-state index is 0.0408. The summed E-state index contributed by atoms with van der Waals surface area (Å²) in [4.78, 5) is 40.5. The first-order valence-corrected chi connectivity index (χ1v) is 17.7. The lowest BCUT2D eigenvalue weighted by Gasteiger charge is -2.18. The molecular formula is C41H58N4O6S. The summed E-state index contributed by atoms with van der Waals surface area (Å²) in [6.45, 7) is 11.2. The predicted octanol–water partition coefficient (Wildman–Crippen LogP) is 6.47. The first kappa shape index (κ1) is 49.0. The van der Waals surface area contributed by atoms with Crippen LogP contribution in [-0.2, 0) is 30.3 Å². The number of nitrogens with two attached hydrogens (primary N) is 1. The number of methoxy groups -OCH3 is 2. The van der Waals surface area contributed by atoms with Gasteiger partial charge in [-0.2, -0.15) is 11.8 Å². The quantitative estimate of drug-likeness (QED) is 0.0621. The summed E-state index contributed by atoms with van der Waals surface area (Å²) >= 11 is 1.86. The van der Waals surface area contributed by atoms with E-state index in [0.29, 0.717) is 30.2 Å². The number of nitrogens with one attached hydrogen (secondary N) is 2. The van der Waals surface area contributed by atoms with Gasteiger partial charge in [0.15, 0.2) is 0 Å². The summed E-state index contributed by atoms with van der Waals surface area (Å²) in [7, 11) is 8.60. The highest BCUT2D eigenvalue weighted by Gasteiger charge is 2.14. The number of ether oxygens (including phenoxy) is 2. The van der Waals surface area contributed by atoms with Crippen LogP contribution in [0.15, 0.2) is 122 Å². The number of hydrogen-bond donors (Lipinski definition) is 3. The maximum Gasteiger partial charge on any atom is 0.221 e. The molecule has 0 radical (unpaired) electrons. The van der Waals surface area contributed by atoms with Crippen molar-refractivity contribution in [1.82, 2.24) is 15.5 Å². The van der Waals surface area contributed by atoms with Crippen molar-refractivity contribution in [3.63, 3.8) is 0 Å². The summed E-state index contributed by atoms with van der Waals surface area (Å²) in [5, 5.41) is 5.85. The number of likely N-dealkylation sites (N-methyl/N-ethyl adjacent to an activating group) is 1. The van der Waals surface area contributed by atoms with Gasteiger partial charge in [-0.15, -0.1) is 0 Å². The summed E-state index contributed by atoms with van der Waals surface area (Å²) in [5.74, 6) is 3.85. The zero-order chi connectivity index (χ0) is 39.6. The Bertz CT molecular complexity index is 1410. The van der Waals surface area contributed by atoms with Crippen molar-refractivity contribution in [2.75, 3.05) is 46.9 Å². The van der Waals surface area contributed by atoms with E-state index in [1.807, 2.05) is 82.0 Å². The van der Waals surface area contributed by atoms with Gasteiger partial charge in [-0.05, 0) is 86.5 Å². The minimum Gasteiger partial charge on any atom is -0.497 e. The van der Waals surface area contributed by atoms with Crippen molar-refractivity contribution in [2.24, 2.45) is 5.73 Å². The third-order valence-electron chi connectivity index (χ3n) is 7.01. The molecule has 0 aliphatic carbocycles. The van der Waals surface area contributed by atoms with E-state index < -0.39 is 0 Å². The molecule has 284 valence electrons. The Kier molecular flexibility index (Phi) is 31.1. The van der Waals surface area contributed by atoms with Crippen LogP contribution in [0.25, 0.3) is 0 Å². The van der Waals surface area contributed by atoms with Gasteiger partial charge in [0.2, 0.25) is 18.7 Å². The Morgan fingerprint density at radius 2 is 1.42 bits per heavy atom. The number of nitrogens with zero attached hydrogens (tertiary/aromatic N) is 1. The van der Waals surface area contributed by atoms with Crippen molar-refractivity contribution in [3.05, 3.63) is 138 Å². The molecule has 3 aromatic rings. The van der Waals surface area contributed by atoms with Crippen molar-refractivity contribution in [1.29, 1.82) is 0 Å². The van der Waals surface area contributed by atoms with Crippen LogP contribution in [0, 0.1) is 0 Å². The summed E-state index contributed by atoms with van der Waals surface area (Å²) in [5.41, 5.74) is 8.58. The van der Waals surface area contributed by atoms with Gasteiger partial charge in [0.1, 0.15) is 18.3 Å². The number of allylic oxidation sites excluding steroid dienone is 2. The molecule has 3 rings (SSSR count). The summed E-state index contributed by atoms with van der Waals surface area (Å²) in [6, 6.07) is 29.2. The maximum atomic E-state index is 12.3. The minimum atomic E-state index is 0.0408. The molecule has 0 spiro atoms. The summed E-state index contributed by atoms with van der Waals surface area (Å²) in [6.07, 6.45) is 6.87. The monoisotopic (exact) mass is 734 g/mol. The van der Waals surface area contributed by atoms with Crippen LogP contribution in [0.1, 0.15) is 48.4 Å². The highest BCUT2D eigenvalue weighted by atomic mass is 32.2. The molecular weight excluding hydrogens is 677 g/mol. The van der Waals surface area contributed by atoms with Crippen LogP contribution < -0.4 is 21.1 Å². The van der Waals surface area contributed by atoms with Crippen molar-refractivity contribution < 1.29 is 28.7 Å². The zero-order valence-electron chi connectivity index (χ0n) is 31.6. The fourth-order valence-corrected chi connectivity index (χ4v) is 5.22. The number of primary amides is 1. The van der Waals surface area contributed by atoms with Gasteiger partial charge in [0.25, 0.3) is 0 Å². The van der Waals surface area contributed by atoms with E-state index in [4.69, 9.17) is 19.1 Å². The topological polar surface area (TPSA) is 140 Å². The van der Waals surface area contributed by atoms with Gasteiger partial charge in [0.05, 0.1) is 20.3 Å². The van der Waals surface area contributed by atoms with Gasteiger partial charge < -0.3 is 35.5 Å². The Morgan fingerprint density at radius 1 is 0.885 bits per heavy atom. The molecule has 2 atom stereocenters. The van der Waals surface area contributed by atoms with E-state index in [1.165, 1.54) is 23.1 Å². The Labute approximate surface area is 315 Å². The fourth-order valence-electron chi connectivity index (χ4n) is 4.23. The normalized spacial score (nSPS) is 10.7. The second-order valence-corrected chi connectivity index (χ2v) is 12.1. The van der Waals surface area contributed by atoms with Crippen LogP contribution in [-0.4, -0.2) is 77.3 Å². The Hall–Kier alpha value is -5.13. The molecule has 0 heterocycles. The van der Waals surface area contributed by atoms with Crippen LogP contribution >= 0.6 is 11.8 Å². The number of benzene rings is 3. The number of rotatable bonds is 17. The second-order valence-electron chi connectivity index (χ2n) is 10.9. The van der Waals surface area contributed by atoms with E-state index in [0.717, 1.165) is 35.7 Å². The lowest BCUT2D eigenvalue weighted by molar-refractivity contribution is -0.121. The second kappa shape index (κ2) is 33.0. The third-order valence-corrected chi connectivity index (χ3v) is 8.03. The van der Waals surface area contributed by atoms with Crippen molar-refractivity contribution in [2.45, 2.75) is 38.1 Å². The van der Waals surface area contributed by atoms with Gasteiger partial charge >= 0.3 is 0 Å². The number of hydrogen-bond acceptors (Lipinski definition) is 8. The molecule has 4 N–H and O–H groups in total. The number of carbonyl (C=O) groups excluding carboxylic acids is 4. The zero-order valence-corrected chi connectivity index (χ0v) is 32.4. The highest BCUT2D eigenvalue weighted by molar-refractivity contribution is 7.99. The first-order chi connectivity index (χ1) is 25.1. The van der Waals surface area contributed by atoms with E-state index >= 15 is 0 Å². The van der Waals surface area contributed by atoms with E-state index in [-0.39, 0.29) is 18.4 Å². The van der Waals surface area contributed by atoms with Crippen molar-refractivity contribution in [3.8, 4) is 5.75 Å². The molecule has 0 aliphatic heterocycles. The van der Waals surface area contributed by atoms with E-state index in [2.05, 4.69) is 72.0 Å². The van der Waals surface area contributed by atoms with E-state index in [1.54, 1.807) is 26.3 Å². The van der Waals surface area contributed by atoms with Crippen LogP contribution in [0.5, 0.6) is 5.75 Å². The van der Waals surface area contributed by atoms with Crippen LogP contribution in [0.3, 0.4) is 0 Å². The number of carbonyl (C=O) groups is 4. The molecule has 0 bridgehead atoms. The molecule has 11 heteroatoms. The smallest absolute Gasteiger partial charge is 0.221 e. The summed E-state index contributed by atoms with van der Waals surface area (Å²) < 4.78 is 10.1. The predicted molar refractivity (Wildman–Crippen MR) is 216 cm³/mol. The Balaban J connectivity index is 0. The molecule has 1 unspecified atom stereocenters. The molecule has 0 fully saturated rings. The Morgan fingerprint density at radius 3 is 1.92 bits per heavy atom. The molecule has 0 aliphatic rings. The third kappa shape index (κ3) is 24.1. The SMILES string of the molecule is C=C(/C=C\C(=C)N(C)C=O)OC.C=O.CNC.COc1ccc([C@@H](CCSCCC(=O)NC(C)c2ccccc2)Cc2ccccc2)cc1.NC=O. The van der Waals surface area contributed by atoms with Gasteiger partial charge in [-0.25, -0.2) is 0 Å². The lowest BCUT2D eigenvalue weighted by atomic mass is 9.90. The molecule has 3 aromatic carbocycles. The number of thioether (sulfide) groups is 1. The van der Waals surface area contributed by atoms with E-state index in [9.17, 15) is 9.59 Å². The van der Waals surface area contributed by atoms with Gasteiger partial charge in [-0.3, -0.25) is 14.4 Å². The average molecular weight is 735 g/mol. The highest BCUT2D eigenvalue weighted by Crippen LogP contribution is 2.28. The maximum absolute atomic E-state index is 12.3. The molecule has 3 amide bonds. The molecule has 0 saturated heterocycles. The first-order valence-electron chi connectivity index (χ1n) is 16.5. The molecule has 0 saturated carbocycles. The largest absolute Gasteiger partial charge is 0.497 e. The lowest BCUT2D eigenvalue weighted by Crippen LogP contribution is -2.26. The van der Waals surface area contributed by atoms with Crippen LogP contribution in [0.2, 0.25) is 0 Å². The standard InChI is InChI=1S/C28H33NO2S.C9H13NO2.C2H7N.CH3NO.CH2O/c1-22(24-11-7-4-8-12-24)29-28(30)18-20-32-19-17-26(21-23-9-5-3-6-10-23)25-13-15-27(31-2)16-14-25;1-8(10(3)7-11)5-6-9(2)12-4;1-3-2;2-1-3;1-2/h3-16,22,26H,17-21H2,1-2H3,(H,29,30);5-7H,1-2H2,3-4H3;3H,1-2H3;1H,(H2,2,3);1H2/b;6-5-;;;/t22?,26-;;;;/m0..../s1. The van der Waals surface area contributed by atoms with Crippen LogP contribution in [0.4, 0.5) is 0 Å². The van der Waals surface area contributed by atoms with Gasteiger partial charge in [0, 0.05) is 24.9 Å². The average Bonchev–Trinajstić information content (AvgIpc) is 3.18. The molecule has 10 nitrogen and oxygen atoms in total. The van der Waals surface area contributed by atoms with Crippen molar-refractivity contribution >= 4 is 37.3 Å².